The third kappa shape index (κ3) is 4.46. The smallest absolute Gasteiger partial charge is 0.0447 e. The van der Waals surface area contributed by atoms with Crippen molar-refractivity contribution in [1.82, 2.24) is 10.6 Å². The SMILES string of the molecule is Cl.c1ccc(CNc2ccc([C@H]3CNCCN3)cc2)cc1. The van der Waals surface area contributed by atoms with Crippen LogP contribution in [0.5, 0.6) is 0 Å². The van der Waals surface area contributed by atoms with Gasteiger partial charge in [0.1, 0.15) is 0 Å². The molecule has 3 N–H and O–H groups in total. The molecule has 4 heteroatoms. The molecule has 3 rings (SSSR count). The van der Waals surface area contributed by atoms with E-state index in [1.165, 1.54) is 16.8 Å². The Labute approximate surface area is 132 Å². The van der Waals surface area contributed by atoms with Crippen LogP contribution in [0.15, 0.2) is 54.6 Å². The van der Waals surface area contributed by atoms with Crippen molar-refractivity contribution in [2.45, 2.75) is 12.6 Å². The molecule has 21 heavy (non-hydrogen) atoms. The van der Waals surface area contributed by atoms with Crippen molar-refractivity contribution >= 4 is 18.1 Å². The molecule has 0 amide bonds. The third-order valence-corrected chi connectivity index (χ3v) is 3.69. The Bertz CT molecular complexity index is 521. The fraction of sp³-hybridized carbons (Fsp3) is 0.294. The van der Waals surface area contributed by atoms with Gasteiger partial charge in [-0.1, -0.05) is 42.5 Å². The fourth-order valence-electron chi connectivity index (χ4n) is 2.52. The molecule has 0 saturated carbocycles. The zero-order valence-electron chi connectivity index (χ0n) is 12.0. The summed E-state index contributed by atoms with van der Waals surface area (Å²) in [6, 6.07) is 19.6. The molecule has 1 atom stereocenters. The lowest BCUT2D eigenvalue weighted by Crippen LogP contribution is -2.42. The van der Waals surface area contributed by atoms with Gasteiger partial charge in [-0.15, -0.1) is 12.4 Å². The number of hydrogen-bond donors (Lipinski definition) is 3. The topological polar surface area (TPSA) is 36.1 Å². The summed E-state index contributed by atoms with van der Waals surface area (Å²) in [4.78, 5) is 0. The van der Waals surface area contributed by atoms with Crippen LogP contribution < -0.4 is 16.0 Å². The van der Waals surface area contributed by atoms with E-state index in [0.29, 0.717) is 6.04 Å². The molecule has 112 valence electrons. The van der Waals surface area contributed by atoms with Gasteiger partial charge in [0.05, 0.1) is 0 Å². The Balaban J connectivity index is 0.00000161. The highest BCUT2D eigenvalue weighted by Gasteiger charge is 2.13. The van der Waals surface area contributed by atoms with Crippen LogP contribution in [0, 0.1) is 0 Å². The molecular weight excluding hydrogens is 282 g/mol. The molecule has 2 aromatic carbocycles. The number of rotatable bonds is 4. The quantitative estimate of drug-likeness (QED) is 0.813. The van der Waals surface area contributed by atoms with Gasteiger partial charge in [0.15, 0.2) is 0 Å². The summed E-state index contributed by atoms with van der Waals surface area (Å²) in [6.45, 7) is 3.98. The minimum Gasteiger partial charge on any atom is -0.381 e. The van der Waals surface area contributed by atoms with Gasteiger partial charge in [0.2, 0.25) is 0 Å². The largest absolute Gasteiger partial charge is 0.381 e. The molecule has 1 aliphatic heterocycles. The van der Waals surface area contributed by atoms with Crippen LogP contribution in [-0.2, 0) is 6.54 Å². The van der Waals surface area contributed by atoms with E-state index in [9.17, 15) is 0 Å². The number of halogens is 1. The van der Waals surface area contributed by atoms with Crippen molar-refractivity contribution in [1.29, 1.82) is 0 Å². The van der Waals surface area contributed by atoms with Gasteiger partial charge < -0.3 is 16.0 Å². The van der Waals surface area contributed by atoms with Crippen molar-refractivity contribution in [3.05, 3.63) is 65.7 Å². The molecule has 2 aromatic rings. The third-order valence-electron chi connectivity index (χ3n) is 3.69. The molecule has 0 aliphatic carbocycles. The standard InChI is InChI=1S/C17H21N3.ClH/c1-2-4-14(5-3-1)12-20-16-8-6-15(7-9-16)17-13-18-10-11-19-17;/h1-9,17-20H,10-13H2;1H/t17-;/m1./s1. The second-order valence-electron chi connectivity index (χ2n) is 5.17. The van der Waals surface area contributed by atoms with E-state index in [4.69, 9.17) is 0 Å². The van der Waals surface area contributed by atoms with E-state index in [1.54, 1.807) is 0 Å². The lowest BCUT2D eigenvalue weighted by Gasteiger charge is -2.25. The molecule has 1 fully saturated rings. The normalized spacial score (nSPS) is 17.8. The summed E-state index contributed by atoms with van der Waals surface area (Å²) in [5.74, 6) is 0. The highest BCUT2D eigenvalue weighted by atomic mass is 35.5. The summed E-state index contributed by atoms with van der Waals surface area (Å²) in [5.41, 5.74) is 3.82. The van der Waals surface area contributed by atoms with Gasteiger partial charge in [0.25, 0.3) is 0 Å². The van der Waals surface area contributed by atoms with E-state index in [0.717, 1.165) is 26.2 Å². The van der Waals surface area contributed by atoms with Crippen LogP contribution in [-0.4, -0.2) is 19.6 Å². The summed E-state index contributed by atoms with van der Waals surface area (Å²) < 4.78 is 0. The van der Waals surface area contributed by atoms with Crippen LogP contribution in [0.4, 0.5) is 5.69 Å². The molecule has 0 unspecified atom stereocenters. The Morgan fingerprint density at radius 1 is 0.952 bits per heavy atom. The summed E-state index contributed by atoms with van der Waals surface area (Å²) in [5, 5.41) is 10.4. The number of hydrogen-bond acceptors (Lipinski definition) is 3. The van der Waals surface area contributed by atoms with Gasteiger partial charge in [0, 0.05) is 37.9 Å². The zero-order chi connectivity index (χ0) is 13.6. The molecule has 1 aliphatic rings. The molecule has 3 nitrogen and oxygen atoms in total. The van der Waals surface area contributed by atoms with E-state index < -0.39 is 0 Å². The van der Waals surface area contributed by atoms with Crippen LogP contribution in [0.1, 0.15) is 17.2 Å². The van der Waals surface area contributed by atoms with Crippen molar-refractivity contribution in [3.8, 4) is 0 Å². The van der Waals surface area contributed by atoms with Crippen molar-refractivity contribution in [2.24, 2.45) is 0 Å². The first kappa shape index (κ1) is 15.8. The highest BCUT2D eigenvalue weighted by Crippen LogP contribution is 2.17. The molecule has 1 heterocycles. The van der Waals surface area contributed by atoms with Gasteiger partial charge in [-0.3, -0.25) is 0 Å². The average Bonchev–Trinajstić information content (AvgIpc) is 2.55. The van der Waals surface area contributed by atoms with Crippen LogP contribution in [0.25, 0.3) is 0 Å². The van der Waals surface area contributed by atoms with Crippen molar-refractivity contribution < 1.29 is 0 Å². The predicted octanol–water partition coefficient (Wildman–Crippen LogP) is 2.95. The van der Waals surface area contributed by atoms with E-state index in [1.807, 2.05) is 6.07 Å². The monoisotopic (exact) mass is 303 g/mol. The Morgan fingerprint density at radius 2 is 1.71 bits per heavy atom. The molecule has 0 radical (unpaired) electrons. The Morgan fingerprint density at radius 3 is 2.38 bits per heavy atom. The average molecular weight is 304 g/mol. The lowest BCUT2D eigenvalue weighted by atomic mass is 10.1. The lowest BCUT2D eigenvalue weighted by molar-refractivity contribution is 0.430. The predicted molar refractivity (Wildman–Crippen MR) is 91.1 cm³/mol. The summed E-state index contributed by atoms with van der Waals surface area (Å²) in [6.07, 6.45) is 0. The molecule has 1 saturated heterocycles. The van der Waals surface area contributed by atoms with Gasteiger partial charge >= 0.3 is 0 Å². The molecule has 0 spiro atoms. The van der Waals surface area contributed by atoms with E-state index in [-0.39, 0.29) is 12.4 Å². The number of anilines is 1. The highest BCUT2D eigenvalue weighted by molar-refractivity contribution is 5.85. The number of nitrogens with one attached hydrogen (secondary N) is 3. The summed E-state index contributed by atoms with van der Waals surface area (Å²) in [7, 11) is 0. The number of benzene rings is 2. The zero-order valence-corrected chi connectivity index (χ0v) is 12.8. The number of piperazine rings is 1. The maximum Gasteiger partial charge on any atom is 0.0447 e. The first-order valence-electron chi connectivity index (χ1n) is 7.24. The second kappa shape index (κ2) is 8.03. The fourth-order valence-corrected chi connectivity index (χ4v) is 2.52. The molecular formula is C17H22ClN3. The molecule has 0 bridgehead atoms. The minimum absolute atomic E-state index is 0. The maximum atomic E-state index is 3.53. The Kier molecular flexibility index (Phi) is 6.05. The van der Waals surface area contributed by atoms with Crippen LogP contribution in [0.3, 0.4) is 0 Å². The van der Waals surface area contributed by atoms with Crippen molar-refractivity contribution in [3.63, 3.8) is 0 Å². The second-order valence-corrected chi connectivity index (χ2v) is 5.17. The molecule has 0 aromatic heterocycles. The van der Waals surface area contributed by atoms with Gasteiger partial charge in [-0.2, -0.15) is 0 Å². The van der Waals surface area contributed by atoms with Gasteiger partial charge in [-0.05, 0) is 23.3 Å². The van der Waals surface area contributed by atoms with Crippen LogP contribution >= 0.6 is 12.4 Å². The first-order valence-corrected chi connectivity index (χ1v) is 7.24. The summed E-state index contributed by atoms with van der Waals surface area (Å²) >= 11 is 0. The van der Waals surface area contributed by atoms with E-state index >= 15 is 0 Å². The maximum absolute atomic E-state index is 3.53. The minimum atomic E-state index is 0. The van der Waals surface area contributed by atoms with E-state index in [2.05, 4.69) is 64.5 Å². The first-order chi connectivity index (χ1) is 9.92. The Hall–Kier alpha value is -1.55. The van der Waals surface area contributed by atoms with Gasteiger partial charge in [-0.25, -0.2) is 0 Å². The van der Waals surface area contributed by atoms with Crippen LogP contribution in [0.2, 0.25) is 0 Å². The van der Waals surface area contributed by atoms with Crippen molar-refractivity contribution in [2.75, 3.05) is 25.0 Å².